The molecule has 0 heterocycles. The van der Waals surface area contributed by atoms with Crippen LogP contribution in [0.5, 0.6) is 0 Å². The van der Waals surface area contributed by atoms with Crippen LogP contribution >= 0.6 is 0 Å². The molecule has 1 aliphatic rings. The maximum Gasteiger partial charge on any atom is 0.0795 e. The molecule has 92 valence electrons. The lowest BCUT2D eigenvalue weighted by molar-refractivity contribution is 0.153. The minimum absolute atomic E-state index is 0.442. The molecule has 2 atom stereocenters. The molecule has 18 heavy (non-hydrogen) atoms. The van der Waals surface area contributed by atoms with Gasteiger partial charge in [-0.3, -0.25) is 0 Å². The summed E-state index contributed by atoms with van der Waals surface area (Å²) in [5.41, 5.74) is 1.88. The third-order valence-corrected chi connectivity index (χ3v) is 3.57. The fourth-order valence-electron chi connectivity index (χ4n) is 2.63. The van der Waals surface area contributed by atoms with E-state index in [2.05, 4.69) is 18.2 Å². The van der Waals surface area contributed by atoms with E-state index >= 15 is 0 Å². The van der Waals surface area contributed by atoms with Gasteiger partial charge in [0.2, 0.25) is 0 Å². The molecule has 0 bridgehead atoms. The first-order valence-corrected chi connectivity index (χ1v) is 6.31. The van der Waals surface area contributed by atoms with Gasteiger partial charge in [0.05, 0.1) is 12.2 Å². The Kier molecular flexibility index (Phi) is 2.90. The van der Waals surface area contributed by atoms with E-state index < -0.39 is 12.2 Å². The molecule has 0 saturated heterocycles. The van der Waals surface area contributed by atoms with E-state index in [9.17, 15) is 10.2 Å². The Morgan fingerprint density at radius 3 is 2.56 bits per heavy atom. The summed E-state index contributed by atoms with van der Waals surface area (Å²) in [6.45, 7) is 0. The molecule has 0 spiro atoms. The van der Waals surface area contributed by atoms with Crippen LogP contribution in [0.2, 0.25) is 0 Å². The summed E-state index contributed by atoms with van der Waals surface area (Å²) < 4.78 is 0. The zero-order valence-electron chi connectivity index (χ0n) is 10.1. The van der Waals surface area contributed by atoms with E-state index in [1.54, 1.807) is 6.08 Å². The Hall–Kier alpha value is -1.64. The first kappa shape index (κ1) is 11.5. The fourth-order valence-corrected chi connectivity index (χ4v) is 2.63. The second kappa shape index (κ2) is 4.56. The summed E-state index contributed by atoms with van der Waals surface area (Å²) in [6, 6.07) is 14.2. The fraction of sp³-hybridized carbons (Fsp3) is 0.250. The second-order valence-electron chi connectivity index (χ2n) is 4.81. The first-order chi connectivity index (χ1) is 8.75. The Morgan fingerprint density at radius 1 is 0.889 bits per heavy atom. The van der Waals surface area contributed by atoms with Crippen molar-refractivity contribution in [3.8, 4) is 0 Å². The van der Waals surface area contributed by atoms with Crippen LogP contribution in [0.4, 0.5) is 0 Å². The standard InChI is InChI=1S/C16H16O2/c17-12-8-9-16(18)15(10-12)14-7-3-5-11-4-1-2-6-13(11)14/h1-7,10,12,16-18H,8-9H2/t12-,16+/m0/s1. The van der Waals surface area contributed by atoms with Gasteiger partial charge in [-0.2, -0.15) is 0 Å². The van der Waals surface area contributed by atoms with Gasteiger partial charge in [-0.25, -0.2) is 0 Å². The summed E-state index contributed by atoms with van der Waals surface area (Å²) in [4.78, 5) is 0. The number of hydrogen-bond donors (Lipinski definition) is 2. The van der Waals surface area contributed by atoms with E-state index in [0.717, 1.165) is 21.9 Å². The van der Waals surface area contributed by atoms with Crippen molar-refractivity contribution in [2.24, 2.45) is 0 Å². The number of fused-ring (bicyclic) bond motifs is 1. The van der Waals surface area contributed by atoms with Crippen molar-refractivity contribution in [3.05, 3.63) is 54.1 Å². The molecule has 0 unspecified atom stereocenters. The lowest BCUT2D eigenvalue weighted by Gasteiger charge is -2.23. The van der Waals surface area contributed by atoms with Gasteiger partial charge in [0, 0.05) is 0 Å². The lowest BCUT2D eigenvalue weighted by atomic mass is 9.87. The Balaban J connectivity index is 2.19. The van der Waals surface area contributed by atoms with Crippen LogP contribution in [0.25, 0.3) is 16.3 Å². The third kappa shape index (κ3) is 1.94. The molecule has 0 amide bonds. The number of aliphatic hydroxyl groups excluding tert-OH is 2. The molecule has 2 heteroatoms. The van der Waals surface area contributed by atoms with Gasteiger partial charge in [0.25, 0.3) is 0 Å². The van der Waals surface area contributed by atoms with Crippen molar-refractivity contribution in [1.82, 2.24) is 0 Å². The van der Waals surface area contributed by atoms with Gasteiger partial charge < -0.3 is 10.2 Å². The van der Waals surface area contributed by atoms with E-state index in [1.165, 1.54) is 0 Å². The average molecular weight is 240 g/mol. The van der Waals surface area contributed by atoms with E-state index in [1.807, 2.05) is 24.3 Å². The van der Waals surface area contributed by atoms with Gasteiger partial charge in [0.1, 0.15) is 0 Å². The molecular formula is C16H16O2. The maximum atomic E-state index is 10.1. The van der Waals surface area contributed by atoms with E-state index in [0.29, 0.717) is 12.8 Å². The highest BCUT2D eigenvalue weighted by Crippen LogP contribution is 2.32. The lowest BCUT2D eigenvalue weighted by Crippen LogP contribution is -2.20. The Bertz CT molecular complexity index is 596. The summed E-state index contributed by atoms with van der Waals surface area (Å²) in [6.07, 6.45) is 2.13. The van der Waals surface area contributed by atoms with Crippen LogP contribution in [-0.4, -0.2) is 22.4 Å². The number of benzene rings is 2. The van der Waals surface area contributed by atoms with Crippen molar-refractivity contribution in [2.45, 2.75) is 25.0 Å². The monoisotopic (exact) mass is 240 g/mol. The van der Waals surface area contributed by atoms with Gasteiger partial charge in [0.15, 0.2) is 0 Å². The molecule has 0 aliphatic heterocycles. The Morgan fingerprint density at radius 2 is 1.67 bits per heavy atom. The largest absolute Gasteiger partial charge is 0.389 e. The van der Waals surface area contributed by atoms with Crippen LogP contribution in [0.3, 0.4) is 0 Å². The van der Waals surface area contributed by atoms with E-state index in [4.69, 9.17) is 0 Å². The molecule has 0 saturated carbocycles. The number of rotatable bonds is 1. The van der Waals surface area contributed by atoms with Crippen LogP contribution in [0.15, 0.2) is 48.5 Å². The first-order valence-electron chi connectivity index (χ1n) is 6.31. The molecular weight excluding hydrogens is 224 g/mol. The van der Waals surface area contributed by atoms with Gasteiger partial charge in [-0.05, 0) is 40.8 Å². The molecule has 2 aromatic rings. The minimum atomic E-state index is -0.473. The molecule has 2 nitrogen and oxygen atoms in total. The van der Waals surface area contributed by atoms with Gasteiger partial charge >= 0.3 is 0 Å². The van der Waals surface area contributed by atoms with E-state index in [-0.39, 0.29) is 0 Å². The highest BCUT2D eigenvalue weighted by Gasteiger charge is 2.21. The normalized spacial score (nSPS) is 24.0. The van der Waals surface area contributed by atoms with Crippen molar-refractivity contribution in [2.75, 3.05) is 0 Å². The van der Waals surface area contributed by atoms with Gasteiger partial charge in [-0.1, -0.05) is 42.5 Å². The second-order valence-corrected chi connectivity index (χ2v) is 4.81. The van der Waals surface area contributed by atoms with Crippen molar-refractivity contribution in [1.29, 1.82) is 0 Å². The predicted octanol–water partition coefficient (Wildman–Crippen LogP) is 2.74. The molecule has 1 aliphatic carbocycles. The zero-order chi connectivity index (χ0) is 12.5. The smallest absolute Gasteiger partial charge is 0.0795 e. The minimum Gasteiger partial charge on any atom is -0.389 e. The van der Waals surface area contributed by atoms with Crippen LogP contribution in [0.1, 0.15) is 18.4 Å². The van der Waals surface area contributed by atoms with Crippen molar-refractivity contribution < 1.29 is 10.2 Å². The summed E-state index contributed by atoms with van der Waals surface area (Å²) in [7, 11) is 0. The number of aliphatic hydroxyl groups is 2. The zero-order valence-corrected chi connectivity index (χ0v) is 10.1. The van der Waals surface area contributed by atoms with Crippen LogP contribution in [-0.2, 0) is 0 Å². The summed E-state index contributed by atoms with van der Waals surface area (Å²) in [5.74, 6) is 0. The molecule has 2 aromatic carbocycles. The van der Waals surface area contributed by atoms with Crippen LogP contribution < -0.4 is 0 Å². The average Bonchev–Trinajstić information content (AvgIpc) is 2.41. The third-order valence-electron chi connectivity index (χ3n) is 3.57. The molecule has 0 fully saturated rings. The summed E-state index contributed by atoms with van der Waals surface area (Å²) in [5, 5.41) is 22.1. The summed E-state index contributed by atoms with van der Waals surface area (Å²) >= 11 is 0. The topological polar surface area (TPSA) is 40.5 Å². The quantitative estimate of drug-likeness (QED) is 0.804. The Labute approximate surface area is 106 Å². The SMILES string of the molecule is O[C@@H]1C=C(c2cccc3ccccc23)[C@H](O)CC1. The van der Waals surface area contributed by atoms with Crippen molar-refractivity contribution in [3.63, 3.8) is 0 Å². The van der Waals surface area contributed by atoms with Gasteiger partial charge in [-0.15, -0.1) is 0 Å². The highest BCUT2D eigenvalue weighted by molar-refractivity contribution is 5.94. The highest BCUT2D eigenvalue weighted by atomic mass is 16.3. The van der Waals surface area contributed by atoms with Crippen molar-refractivity contribution >= 4 is 16.3 Å². The number of hydrogen-bond acceptors (Lipinski definition) is 2. The molecule has 0 aromatic heterocycles. The maximum absolute atomic E-state index is 10.1. The molecule has 2 N–H and O–H groups in total. The molecule has 3 rings (SSSR count). The van der Waals surface area contributed by atoms with Crippen LogP contribution in [0, 0.1) is 0 Å². The molecule has 0 radical (unpaired) electrons. The predicted molar refractivity (Wildman–Crippen MR) is 73.2 cm³/mol.